The van der Waals surface area contributed by atoms with Crippen molar-refractivity contribution >= 4 is 34.9 Å². The smallest absolute Gasteiger partial charge is 0.204 e. The highest BCUT2D eigenvalue weighted by molar-refractivity contribution is 6.31. The maximum absolute atomic E-state index is 12.6. The van der Waals surface area contributed by atoms with E-state index in [-0.39, 0.29) is 5.78 Å². The molecule has 3 rings (SSSR count). The molecule has 0 aliphatic rings. The van der Waals surface area contributed by atoms with Crippen LogP contribution in [0.25, 0.3) is 11.3 Å². The molecule has 1 heterocycles. The van der Waals surface area contributed by atoms with Gasteiger partial charge in [0.2, 0.25) is 5.88 Å². The van der Waals surface area contributed by atoms with Gasteiger partial charge < -0.3 is 9.73 Å². The zero-order valence-electron chi connectivity index (χ0n) is 14.6. The largest absolute Gasteiger partial charge is 0.440 e. The van der Waals surface area contributed by atoms with E-state index in [1.54, 1.807) is 7.05 Å². The topological polar surface area (TPSA) is 42.2 Å². The van der Waals surface area contributed by atoms with Crippen LogP contribution in [-0.2, 0) is 6.42 Å². The minimum Gasteiger partial charge on any atom is -0.440 e. The highest BCUT2D eigenvalue weighted by Gasteiger charge is 2.25. The quantitative estimate of drug-likeness (QED) is 0.492. The second-order valence-electron chi connectivity index (χ2n) is 5.95. The molecule has 0 aliphatic heterocycles. The third-order valence-corrected chi connectivity index (χ3v) is 4.70. The third kappa shape index (κ3) is 3.79. The normalized spacial score (nSPS) is 10.8. The van der Waals surface area contributed by atoms with Crippen LogP contribution in [0, 0.1) is 0 Å². The van der Waals surface area contributed by atoms with E-state index in [1.165, 1.54) is 0 Å². The first-order valence-electron chi connectivity index (χ1n) is 8.40. The van der Waals surface area contributed by atoms with Gasteiger partial charge in [0.25, 0.3) is 0 Å². The molecule has 0 spiro atoms. The lowest BCUT2D eigenvalue weighted by Crippen LogP contribution is -2.04. The Morgan fingerprint density at radius 3 is 2.42 bits per heavy atom. The number of carbonyl (C=O) groups is 1. The average molecular weight is 388 g/mol. The molecule has 3 nitrogen and oxygen atoms in total. The SMILES string of the molecule is CCC(=O)c1c(NC)oc(-c2cccc(Cl)c2)c1Cc1ccc(Cl)cc1. The van der Waals surface area contributed by atoms with Crippen LogP contribution in [-0.4, -0.2) is 12.8 Å². The number of hydrogen-bond donors (Lipinski definition) is 1. The summed E-state index contributed by atoms with van der Waals surface area (Å²) < 4.78 is 6.04. The van der Waals surface area contributed by atoms with Crippen molar-refractivity contribution in [3.8, 4) is 11.3 Å². The summed E-state index contributed by atoms with van der Waals surface area (Å²) in [5.74, 6) is 1.18. The first kappa shape index (κ1) is 18.6. The van der Waals surface area contributed by atoms with Crippen molar-refractivity contribution < 1.29 is 9.21 Å². The van der Waals surface area contributed by atoms with Gasteiger partial charge in [-0.25, -0.2) is 0 Å². The van der Waals surface area contributed by atoms with Crippen LogP contribution >= 0.6 is 23.2 Å². The molecule has 0 atom stereocenters. The van der Waals surface area contributed by atoms with Crippen molar-refractivity contribution in [1.29, 1.82) is 0 Å². The van der Waals surface area contributed by atoms with Gasteiger partial charge in [0, 0.05) is 41.1 Å². The molecule has 0 radical (unpaired) electrons. The van der Waals surface area contributed by atoms with Crippen LogP contribution in [0.4, 0.5) is 5.88 Å². The van der Waals surface area contributed by atoms with Gasteiger partial charge in [0.15, 0.2) is 5.78 Å². The number of benzene rings is 2. The molecule has 1 N–H and O–H groups in total. The molecule has 0 amide bonds. The number of anilines is 1. The Morgan fingerprint density at radius 2 is 1.81 bits per heavy atom. The van der Waals surface area contributed by atoms with E-state index < -0.39 is 0 Å². The average Bonchev–Trinajstić information content (AvgIpc) is 3.01. The number of ketones is 1. The number of halogens is 2. The van der Waals surface area contributed by atoms with Gasteiger partial charge in [-0.2, -0.15) is 0 Å². The maximum atomic E-state index is 12.6. The molecule has 0 aliphatic carbocycles. The monoisotopic (exact) mass is 387 g/mol. The van der Waals surface area contributed by atoms with Crippen LogP contribution in [0.5, 0.6) is 0 Å². The van der Waals surface area contributed by atoms with Gasteiger partial charge in [-0.15, -0.1) is 0 Å². The van der Waals surface area contributed by atoms with Gasteiger partial charge in [0.05, 0.1) is 5.56 Å². The summed E-state index contributed by atoms with van der Waals surface area (Å²) >= 11 is 12.1. The van der Waals surface area contributed by atoms with E-state index in [0.29, 0.717) is 40.1 Å². The molecule has 26 heavy (non-hydrogen) atoms. The van der Waals surface area contributed by atoms with Gasteiger partial charge in [-0.1, -0.05) is 54.4 Å². The number of rotatable bonds is 6. The van der Waals surface area contributed by atoms with Crippen molar-refractivity contribution in [2.75, 3.05) is 12.4 Å². The number of carbonyl (C=O) groups excluding carboxylic acids is 1. The Balaban J connectivity index is 2.18. The fraction of sp³-hybridized carbons (Fsp3) is 0.190. The molecule has 2 aromatic carbocycles. The van der Waals surface area contributed by atoms with Crippen molar-refractivity contribution in [2.24, 2.45) is 0 Å². The number of Topliss-reactive ketones (excluding diaryl/α,β-unsaturated/α-hetero) is 1. The summed E-state index contributed by atoms with van der Waals surface area (Å²) in [5.41, 5.74) is 3.34. The lowest BCUT2D eigenvalue weighted by atomic mass is 9.95. The minimum atomic E-state index is 0.0374. The highest BCUT2D eigenvalue weighted by atomic mass is 35.5. The lowest BCUT2D eigenvalue weighted by molar-refractivity contribution is 0.0988. The first-order valence-corrected chi connectivity index (χ1v) is 9.16. The fourth-order valence-corrected chi connectivity index (χ4v) is 3.27. The highest BCUT2D eigenvalue weighted by Crippen LogP contribution is 2.37. The summed E-state index contributed by atoms with van der Waals surface area (Å²) in [6.45, 7) is 1.85. The summed E-state index contributed by atoms with van der Waals surface area (Å²) in [6.07, 6.45) is 0.960. The second-order valence-corrected chi connectivity index (χ2v) is 6.83. The van der Waals surface area contributed by atoms with E-state index >= 15 is 0 Å². The summed E-state index contributed by atoms with van der Waals surface area (Å²) in [5, 5.41) is 4.30. The first-order chi connectivity index (χ1) is 12.5. The summed E-state index contributed by atoms with van der Waals surface area (Å²) in [4.78, 5) is 12.6. The van der Waals surface area contributed by atoms with Gasteiger partial charge in [0.1, 0.15) is 5.76 Å². The van der Waals surface area contributed by atoms with Crippen LogP contribution in [0.2, 0.25) is 10.0 Å². The van der Waals surface area contributed by atoms with Gasteiger partial charge in [-0.3, -0.25) is 4.79 Å². The number of nitrogens with one attached hydrogen (secondary N) is 1. The van der Waals surface area contributed by atoms with Crippen molar-refractivity contribution in [3.63, 3.8) is 0 Å². The van der Waals surface area contributed by atoms with E-state index in [0.717, 1.165) is 16.7 Å². The zero-order chi connectivity index (χ0) is 18.7. The van der Waals surface area contributed by atoms with E-state index in [2.05, 4.69) is 5.32 Å². The molecule has 0 bridgehead atoms. The Kier molecular flexibility index (Phi) is 5.70. The third-order valence-electron chi connectivity index (χ3n) is 4.22. The molecule has 0 unspecified atom stereocenters. The minimum absolute atomic E-state index is 0.0374. The van der Waals surface area contributed by atoms with E-state index in [9.17, 15) is 4.79 Å². The molecular formula is C21H19Cl2NO2. The summed E-state index contributed by atoms with van der Waals surface area (Å²) in [6, 6.07) is 15.0. The van der Waals surface area contributed by atoms with Crippen LogP contribution in [0.1, 0.15) is 34.8 Å². The number of hydrogen-bond acceptors (Lipinski definition) is 3. The maximum Gasteiger partial charge on any atom is 0.204 e. The Morgan fingerprint density at radius 1 is 1.08 bits per heavy atom. The van der Waals surface area contributed by atoms with Crippen molar-refractivity contribution in [1.82, 2.24) is 0 Å². The Labute approximate surface area is 162 Å². The van der Waals surface area contributed by atoms with Crippen LogP contribution < -0.4 is 5.32 Å². The number of furan rings is 1. The molecule has 0 fully saturated rings. The molecule has 0 saturated heterocycles. The van der Waals surface area contributed by atoms with Crippen LogP contribution in [0.15, 0.2) is 52.9 Å². The predicted molar refractivity (Wildman–Crippen MR) is 108 cm³/mol. The second kappa shape index (κ2) is 7.98. The molecule has 134 valence electrons. The molecule has 3 aromatic rings. The Bertz CT molecular complexity index is 930. The summed E-state index contributed by atoms with van der Waals surface area (Å²) in [7, 11) is 1.75. The lowest BCUT2D eigenvalue weighted by Gasteiger charge is -2.07. The Hall–Kier alpha value is -2.23. The standard InChI is InChI=1S/C21H19Cl2NO2/c1-3-18(25)19-17(11-13-7-9-15(22)10-8-13)20(26-21(19)24-2)14-5-4-6-16(23)12-14/h4-10,12,24H,3,11H2,1-2H3. The van der Waals surface area contributed by atoms with E-state index in [4.69, 9.17) is 27.6 Å². The molecule has 5 heteroatoms. The van der Waals surface area contributed by atoms with Gasteiger partial charge in [-0.05, 0) is 29.8 Å². The van der Waals surface area contributed by atoms with Crippen LogP contribution in [0.3, 0.4) is 0 Å². The van der Waals surface area contributed by atoms with Crippen molar-refractivity contribution in [3.05, 3.63) is 75.3 Å². The predicted octanol–water partition coefficient (Wildman–Crippen LogP) is 6.48. The van der Waals surface area contributed by atoms with Gasteiger partial charge >= 0.3 is 0 Å². The fourth-order valence-electron chi connectivity index (χ4n) is 2.95. The molecule has 1 aromatic heterocycles. The molecular weight excluding hydrogens is 369 g/mol. The zero-order valence-corrected chi connectivity index (χ0v) is 16.1. The van der Waals surface area contributed by atoms with Crippen molar-refractivity contribution in [2.45, 2.75) is 19.8 Å². The molecule has 0 saturated carbocycles. The van der Waals surface area contributed by atoms with E-state index in [1.807, 2.05) is 55.5 Å².